The van der Waals surface area contributed by atoms with Gasteiger partial charge in [-0.3, -0.25) is 4.79 Å². The van der Waals surface area contributed by atoms with Crippen molar-refractivity contribution < 1.29 is 14.7 Å². The monoisotopic (exact) mass is 502 g/mol. The zero-order chi connectivity index (χ0) is 26.1. The first-order chi connectivity index (χ1) is 18.6. The Bertz CT molecular complexity index is 1660. The second-order valence-corrected chi connectivity index (χ2v) is 9.62. The van der Waals surface area contributed by atoms with E-state index in [4.69, 9.17) is 0 Å². The second-order valence-electron chi connectivity index (χ2n) is 9.62. The van der Waals surface area contributed by atoms with E-state index in [1.807, 2.05) is 60.7 Å². The predicted molar refractivity (Wildman–Crippen MR) is 145 cm³/mol. The van der Waals surface area contributed by atoms with Crippen LogP contribution in [0.5, 0.6) is 0 Å². The Morgan fingerprint density at radius 3 is 2.58 bits per heavy atom. The quantitative estimate of drug-likeness (QED) is 0.313. The number of carbonyl (C=O) groups is 2. The van der Waals surface area contributed by atoms with E-state index < -0.39 is 5.97 Å². The van der Waals surface area contributed by atoms with E-state index in [1.165, 1.54) is 11.1 Å². The van der Waals surface area contributed by atoms with Crippen molar-refractivity contribution >= 4 is 22.9 Å². The van der Waals surface area contributed by atoms with Gasteiger partial charge in [0.25, 0.3) is 5.91 Å². The average Bonchev–Trinajstić information content (AvgIpc) is 3.35. The molecule has 6 rings (SSSR count). The number of aromatic carboxylic acids is 1. The van der Waals surface area contributed by atoms with Crippen LogP contribution in [0.15, 0.2) is 91.0 Å². The summed E-state index contributed by atoms with van der Waals surface area (Å²) in [5, 5.41) is 21.3. The van der Waals surface area contributed by atoms with E-state index >= 15 is 0 Å². The highest BCUT2D eigenvalue weighted by Gasteiger charge is 2.22. The highest BCUT2D eigenvalue weighted by molar-refractivity contribution is 5.97. The molecule has 1 unspecified atom stereocenters. The van der Waals surface area contributed by atoms with Gasteiger partial charge in [-0.15, -0.1) is 5.10 Å². The fraction of sp³-hybridized carbons (Fsp3) is 0.161. The molecule has 1 amide bonds. The molecule has 188 valence electrons. The van der Waals surface area contributed by atoms with Crippen LogP contribution in [-0.4, -0.2) is 32.0 Å². The first kappa shape index (κ1) is 23.6. The summed E-state index contributed by atoms with van der Waals surface area (Å²) in [7, 11) is 0. The Hall–Kier alpha value is -4.78. The van der Waals surface area contributed by atoms with Gasteiger partial charge >= 0.3 is 5.97 Å². The molecule has 1 atom stereocenters. The predicted octanol–water partition coefficient (Wildman–Crippen LogP) is 5.65. The molecule has 0 saturated heterocycles. The Morgan fingerprint density at radius 1 is 0.947 bits per heavy atom. The molecule has 7 heteroatoms. The Balaban J connectivity index is 1.18. The molecule has 38 heavy (non-hydrogen) atoms. The lowest BCUT2D eigenvalue weighted by Gasteiger charge is -2.26. The number of carboxylic acid groups (broad SMARTS) is 1. The number of carbonyl (C=O) groups excluding carboxylic acids is 1. The third-order valence-corrected chi connectivity index (χ3v) is 7.21. The van der Waals surface area contributed by atoms with Gasteiger partial charge in [0.1, 0.15) is 5.52 Å². The van der Waals surface area contributed by atoms with Gasteiger partial charge in [-0.2, -0.15) is 0 Å². The summed E-state index contributed by atoms with van der Waals surface area (Å²) in [5.41, 5.74) is 7.37. The largest absolute Gasteiger partial charge is 0.478 e. The van der Waals surface area contributed by atoms with Gasteiger partial charge in [0.2, 0.25) is 0 Å². The SMILES string of the molecule is O=C(NC1CCCc2ccccc21)c1ccc2c(c1)nnn2Cc1ccc(-c2ccccc2C(=O)O)cc1. The number of fused-ring (bicyclic) bond motifs is 2. The lowest BCUT2D eigenvalue weighted by molar-refractivity contribution is 0.0697. The lowest BCUT2D eigenvalue weighted by atomic mass is 9.87. The number of aromatic nitrogens is 3. The number of nitrogens with zero attached hydrogens (tertiary/aromatic N) is 3. The van der Waals surface area contributed by atoms with Crippen molar-refractivity contribution in [2.75, 3.05) is 0 Å². The first-order valence-corrected chi connectivity index (χ1v) is 12.7. The number of hydrogen-bond donors (Lipinski definition) is 2. The Labute approximate surface area is 219 Å². The van der Waals surface area contributed by atoms with Crippen molar-refractivity contribution in [3.63, 3.8) is 0 Å². The number of nitrogens with one attached hydrogen (secondary N) is 1. The summed E-state index contributed by atoms with van der Waals surface area (Å²) < 4.78 is 1.80. The summed E-state index contributed by atoms with van der Waals surface area (Å²) >= 11 is 0. The van der Waals surface area contributed by atoms with Crippen molar-refractivity contribution in [2.24, 2.45) is 0 Å². The molecule has 0 aliphatic heterocycles. The molecule has 1 aliphatic carbocycles. The molecule has 7 nitrogen and oxygen atoms in total. The lowest BCUT2D eigenvalue weighted by Crippen LogP contribution is -2.30. The minimum absolute atomic E-state index is 0.0178. The highest BCUT2D eigenvalue weighted by atomic mass is 16.4. The van der Waals surface area contributed by atoms with E-state index in [-0.39, 0.29) is 17.5 Å². The molecule has 4 aromatic carbocycles. The molecule has 0 spiro atoms. The molecule has 1 aliphatic rings. The molecule has 0 radical (unpaired) electrons. The summed E-state index contributed by atoms with van der Waals surface area (Å²) in [6.07, 6.45) is 3.04. The summed E-state index contributed by atoms with van der Waals surface area (Å²) in [4.78, 5) is 24.6. The minimum atomic E-state index is -0.949. The van der Waals surface area contributed by atoms with Gasteiger partial charge in [0.05, 0.1) is 23.7 Å². The van der Waals surface area contributed by atoms with E-state index in [0.717, 1.165) is 35.9 Å². The van der Waals surface area contributed by atoms with E-state index in [0.29, 0.717) is 23.2 Å². The molecule has 5 aromatic rings. The van der Waals surface area contributed by atoms with E-state index in [2.05, 4.69) is 27.8 Å². The third kappa shape index (κ3) is 4.54. The number of amides is 1. The maximum atomic E-state index is 13.1. The zero-order valence-corrected chi connectivity index (χ0v) is 20.7. The topological polar surface area (TPSA) is 97.1 Å². The van der Waals surface area contributed by atoms with Gasteiger partial charge in [0.15, 0.2) is 0 Å². The van der Waals surface area contributed by atoms with Crippen molar-refractivity contribution in [2.45, 2.75) is 31.8 Å². The van der Waals surface area contributed by atoms with Crippen LogP contribution in [0, 0.1) is 0 Å². The van der Waals surface area contributed by atoms with Crippen molar-refractivity contribution in [1.82, 2.24) is 20.3 Å². The van der Waals surface area contributed by atoms with Crippen LogP contribution in [0.4, 0.5) is 0 Å². The van der Waals surface area contributed by atoms with Crippen LogP contribution in [0.2, 0.25) is 0 Å². The van der Waals surface area contributed by atoms with Gasteiger partial charge < -0.3 is 10.4 Å². The Kier molecular flexibility index (Phi) is 6.17. The van der Waals surface area contributed by atoms with Crippen molar-refractivity contribution in [3.8, 4) is 11.1 Å². The molecule has 0 saturated carbocycles. The molecule has 0 bridgehead atoms. The van der Waals surface area contributed by atoms with Crippen LogP contribution in [0.25, 0.3) is 22.2 Å². The molecule has 0 fully saturated rings. The number of aryl methyl sites for hydroxylation is 1. The fourth-order valence-corrected chi connectivity index (χ4v) is 5.26. The maximum absolute atomic E-state index is 13.1. The van der Waals surface area contributed by atoms with Crippen molar-refractivity contribution in [1.29, 1.82) is 0 Å². The van der Waals surface area contributed by atoms with Gasteiger partial charge in [-0.1, -0.05) is 71.9 Å². The number of carboxylic acids is 1. The Morgan fingerprint density at radius 2 is 1.74 bits per heavy atom. The number of hydrogen-bond acceptors (Lipinski definition) is 4. The normalized spacial score (nSPS) is 14.7. The number of rotatable bonds is 6. The second kappa shape index (κ2) is 9.94. The summed E-state index contributed by atoms with van der Waals surface area (Å²) in [6.45, 7) is 0.502. The first-order valence-electron chi connectivity index (χ1n) is 12.7. The molecular weight excluding hydrogens is 476 g/mol. The maximum Gasteiger partial charge on any atom is 0.336 e. The van der Waals surface area contributed by atoms with Crippen LogP contribution >= 0.6 is 0 Å². The van der Waals surface area contributed by atoms with Gasteiger partial charge in [0, 0.05) is 5.56 Å². The van der Waals surface area contributed by atoms with Gasteiger partial charge in [-0.25, -0.2) is 9.48 Å². The fourth-order valence-electron chi connectivity index (χ4n) is 5.26. The third-order valence-electron chi connectivity index (χ3n) is 7.21. The molecule has 1 aromatic heterocycles. The van der Waals surface area contributed by atoms with Crippen LogP contribution < -0.4 is 5.32 Å². The van der Waals surface area contributed by atoms with Crippen molar-refractivity contribution in [3.05, 3.63) is 119 Å². The van der Waals surface area contributed by atoms with Gasteiger partial charge in [-0.05, 0) is 71.3 Å². The molecule has 2 N–H and O–H groups in total. The molecular formula is C31H26N4O3. The number of benzene rings is 4. The van der Waals surface area contributed by atoms with E-state index in [9.17, 15) is 14.7 Å². The highest BCUT2D eigenvalue weighted by Crippen LogP contribution is 2.30. The standard InChI is InChI=1S/C31H26N4O3/c36-30(32-27-11-5-7-21-6-1-2-9-25(21)27)23-16-17-29-28(18-23)33-34-35(29)19-20-12-14-22(15-13-20)24-8-3-4-10-26(24)31(37)38/h1-4,6,8-10,12-18,27H,5,7,11,19H2,(H,32,36)(H,37,38). The smallest absolute Gasteiger partial charge is 0.336 e. The zero-order valence-electron chi connectivity index (χ0n) is 20.7. The average molecular weight is 503 g/mol. The minimum Gasteiger partial charge on any atom is -0.478 e. The molecule has 1 heterocycles. The van der Waals surface area contributed by atoms with E-state index in [1.54, 1.807) is 22.9 Å². The van der Waals surface area contributed by atoms with Crippen LogP contribution in [0.3, 0.4) is 0 Å². The summed E-state index contributed by atoms with van der Waals surface area (Å²) in [6, 6.07) is 28.6. The van der Waals surface area contributed by atoms with Crippen LogP contribution in [0.1, 0.15) is 56.3 Å². The van der Waals surface area contributed by atoms with Crippen LogP contribution in [-0.2, 0) is 13.0 Å². The summed E-state index contributed by atoms with van der Waals surface area (Å²) in [5.74, 6) is -1.06.